The van der Waals surface area contributed by atoms with Crippen LogP contribution in [0.25, 0.3) is 0 Å². The molecule has 2 N–H and O–H groups in total. The van der Waals surface area contributed by atoms with E-state index in [2.05, 4.69) is 28.7 Å². The first-order valence-corrected chi connectivity index (χ1v) is 6.01. The van der Waals surface area contributed by atoms with Crippen molar-refractivity contribution >= 4 is 5.82 Å². The smallest absolute Gasteiger partial charge is 0.144 e. The summed E-state index contributed by atoms with van der Waals surface area (Å²) in [5.74, 6) is 1.34. The first-order chi connectivity index (χ1) is 8.02. The number of hydrogen-bond acceptors (Lipinski definition) is 5. The van der Waals surface area contributed by atoms with Gasteiger partial charge in [0.15, 0.2) is 0 Å². The van der Waals surface area contributed by atoms with Crippen LogP contribution < -0.4 is 5.73 Å². The van der Waals surface area contributed by atoms with E-state index in [9.17, 15) is 0 Å². The second-order valence-corrected chi connectivity index (χ2v) is 4.80. The maximum absolute atomic E-state index is 5.72. The molecule has 0 saturated carbocycles. The van der Waals surface area contributed by atoms with Gasteiger partial charge in [-0.05, 0) is 20.8 Å². The highest BCUT2D eigenvalue weighted by Gasteiger charge is 2.22. The minimum Gasteiger partial charge on any atom is -0.384 e. The first-order valence-electron chi connectivity index (χ1n) is 6.01. The van der Waals surface area contributed by atoms with E-state index >= 15 is 0 Å². The molecule has 1 fully saturated rings. The summed E-state index contributed by atoms with van der Waals surface area (Å²) in [6, 6.07) is 1.79. The first kappa shape index (κ1) is 12.3. The molecule has 1 aromatic rings. The second kappa shape index (κ2) is 4.98. The fourth-order valence-corrected chi connectivity index (χ4v) is 2.34. The molecule has 17 heavy (non-hydrogen) atoms. The van der Waals surface area contributed by atoms with Crippen molar-refractivity contribution in [2.75, 3.05) is 18.8 Å². The molecule has 0 unspecified atom stereocenters. The Labute approximate surface area is 102 Å². The lowest BCUT2D eigenvalue weighted by molar-refractivity contribution is -0.0710. The number of nitrogens with two attached hydrogens (primary N) is 1. The number of ether oxygens (including phenoxy) is 1. The molecule has 1 saturated heterocycles. The van der Waals surface area contributed by atoms with Crippen molar-refractivity contribution in [2.45, 2.75) is 39.5 Å². The zero-order valence-electron chi connectivity index (χ0n) is 10.7. The van der Waals surface area contributed by atoms with Gasteiger partial charge in [-0.3, -0.25) is 4.90 Å². The largest absolute Gasteiger partial charge is 0.384 e. The molecule has 0 aliphatic carbocycles. The highest BCUT2D eigenvalue weighted by Crippen LogP contribution is 2.13. The molecule has 1 aromatic heterocycles. The lowest BCUT2D eigenvalue weighted by Crippen LogP contribution is -2.45. The fraction of sp³-hybridized carbons (Fsp3) is 0.667. The Morgan fingerprint density at radius 3 is 2.59 bits per heavy atom. The van der Waals surface area contributed by atoms with Gasteiger partial charge in [0.25, 0.3) is 0 Å². The van der Waals surface area contributed by atoms with Crippen LogP contribution in [0.2, 0.25) is 0 Å². The van der Waals surface area contributed by atoms with E-state index in [0.29, 0.717) is 5.82 Å². The maximum atomic E-state index is 5.72. The molecular formula is C12H20N4O. The minimum atomic E-state index is 0.265. The third-order valence-electron chi connectivity index (χ3n) is 2.78. The molecule has 0 amide bonds. The third kappa shape index (κ3) is 3.38. The Morgan fingerprint density at radius 2 is 2.00 bits per heavy atom. The Morgan fingerprint density at radius 1 is 1.35 bits per heavy atom. The van der Waals surface area contributed by atoms with Gasteiger partial charge in [0.05, 0.1) is 18.8 Å². The quantitative estimate of drug-likeness (QED) is 0.829. The average molecular weight is 236 g/mol. The summed E-state index contributed by atoms with van der Waals surface area (Å²) in [7, 11) is 0. The molecule has 1 aliphatic heterocycles. The van der Waals surface area contributed by atoms with Crippen molar-refractivity contribution in [3.8, 4) is 0 Å². The van der Waals surface area contributed by atoms with Gasteiger partial charge in [-0.15, -0.1) is 0 Å². The molecule has 5 heteroatoms. The van der Waals surface area contributed by atoms with Gasteiger partial charge >= 0.3 is 0 Å². The summed E-state index contributed by atoms with van der Waals surface area (Å²) in [6.45, 7) is 8.70. The van der Waals surface area contributed by atoms with E-state index in [-0.39, 0.29) is 12.2 Å². The van der Waals surface area contributed by atoms with Crippen LogP contribution in [-0.4, -0.2) is 40.2 Å². The number of nitrogen functional groups attached to an aromatic ring is 1. The van der Waals surface area contributed by atoms with Gasteiger partial charge in [0.2, 0.25) is 0 Å². The van der Waals surface area contributed by atoms with Crippen LogP contribution in [0.4, 0.5) is 5.82 Å². The SMILES string of the molecule is Cc1cc(N)nc(CN2C[C@@H](C)O[C@@H](C)C2)n1. The highest BCUT2D eigenvalue weighted by atomic mass is 16.5. The summed E-state index contributed by atoms with van der Waals surface area (Å²) < 4.78 is 5.69. The molecule has 0 spiro atoms. The molecule has 0 radical (unpaired) electrons. The predicted molar refractivity (Wildman–Crippen MR) is 66.5 cm³/mol. The van der Waals surface area contributed by atoms with Crippen molar-refractivity contribution in [3.05, 3.63) is 17.6 Å². The molecule has 0 bridgehead atoms. The van der Waals surface area contributed by atoms with E-state index in [1.165, 1.54) is 0 Å². The Balaban J connectivity index is 2.04. The highest BCUT2D eigenvalue weighted by molar-refractivity contribution is 5.29. The lowest BCUT2D eigenvalue weighted by atomic mass is 10.2. The Hall–Kier alpha value is -1.20. The maximum Gasteiger partial charge on any atom is 0.144 e. The van der Waals surface area contributed by atoms with Crippen molar-refractivity contribution in [2.24, 2.45) is 0 Å². The van der Waals surface area contributed by atoms with Gasteiger partial charge < -0.3 is 10.5 Å². The second-order valence-electron chi connectivity index (χ2n) is 4.80. The summed E-state index contributed by atoms with van der Waals surface area (Å²) in [5.41, 5.74) is 6.64. The molecule has 2 rings (SSSR count). The monoisotopic (exact) mass is 236 g/mol. The number of anilines is 1. The third-order valence-corrected chi connectivity index (χ3v) is 2.78. The molecular weight excluding hydrogens is 216 g/mol. The number of aromatic nitrogens is 2. The molecule has 5 nitrogen and oxygen atoms in total. The van der Waals surface area contributed by atoms with Gasteiger partial charge in [-0.1, -0.05) is 0 Å². The van der Waals surface area contributed by atoms with E-state index in [4.69, 9.17) is 10.5 Å². The van der Waals surface area contributed by atoms with Gasteiger partial charge in [0, 0.05) is 24.8 Å². The van der Waals surface area contributed by atoms with Crippen molar-refractivity contribution in [3.63, 3.8) is 0 Å². The normalized spacial score (nSPS) is 26.1. The fourth-order valence-electron chi connectivity index (χ4n) is 2.34. The number of nitrogens with zero attached hydrogens (tertiary/aromatic N) is 3. The summed E-state index contributed by atoms with van der Waals surface area (Å²) in [6.07, 6.45) is 0.529. The van der Waals surface area contributed by atoms with E-state index in [1.807, 2.05) is 6.92 Å². The van der Waals surface area contributed by atoms with Crippen molar-refractivity contribution < 1.29 is 4.74 Å². The van der Waals surface area contributed by atoms with Gasteiger partial charge in [-0.25, -0.2) is 9.97 Å². The molecule has 2 atom stereocenters. The minimum absolute atomic E-state index is 0.265. The number of aryl methyl sites for hydroxylation is 1. The standard InChI is InChI=1S/C12H20N4O/c1-8-4-11(13)15-12(14-8)7-16-5-9(2)17-10(3)6-16/h4,9-10H,5-7H2,1-3H3,(H2,13,14,15)/t9-,10+. The lowest BCUT2D eigenvalue weighted by Gasteiger charge is -2.34. The van der Waals surface area contributed by atoms with E-state index < -0.39 is 0 Å². The molecule has 0 aromatic carbocycles. The molecule has 1 aliphatic rings. The van der Waals surface area contributed by atoms with Crippen LogP contribution in [0, 0.1) is 6.92 Å². The van der Waals surface area contributed by atoms with Gasteiger partial charge in [-0.2, -0.15) is 0 Å². The van der Waals surface area contributed by atoms with Crippen LogP contribution in [0.5, 0.6) is 0 Å². The van der Waals surface area contributed by atoms with Crippen LogP contribution in [0.3, 0.4) is 0 Å². The number of morpholine rings is 1. The molecule has 2 heterocycles. The number of hydrogen-bond donors (Lipinski definition) is 1. The Bertz CT molecular complexity index is 366. The summed E-state index contributed by atoms with van der Waals surface area (Å²) >= 11 is 0. The van der Waals surface area contributed by atoms with Crippen LogP contribution in [0.1, 0.15) is 25.4 Å². The van der Waals surface area contributed by atoms with E-state index in [1.54, 1.807) is 6.07 Å². The van der Waals surface area contributed by atoms with Gasteiger partial charge in [0.1, 0.15) is 11.6 Å². The number of rotatable bonds is 2. The van der Waals surface area contributed by atoms with E-state index in [0.717, 1.165) is 31.2 Å². The summed E-state index contributed by atoms with van der Waals surface area (Å²) in [5, 5.41) is 0. The predicted octanol–water partition coefficient (Wildman–Crippen LogP) is 0.976. The van der Waals surface area contributed by atoms with Crippen LogP contribution in [-0.2, 0) is 11.3 Å². The van der Waals surface area contributed by atoms with Crippen LogP contribution in [0.15, 0.2) is 6.07 Å². The Kier molecular flexibility index (Phi) is 3.59. The van der Waals surface area contributed by atoms with Crippen molar-refractivity contribution in [1.29, 1.82) is 0 Å². The zero-order valence-corrected chi connectivity index (χ0v) is 10.7. The topological polar surface area (TPSA) is 64.3 Å². The van der Waals surface area contributed by atoms with Crippen LogP contribution >= 0.6 is 0 Å². The average Bonchev–Trinajstić information content (AvgIpc) is 2.13. The zero-order chi connectivity index (χ0) is 12.4. The summed E-state index contributed by atoms with van der Waals surface area (Å²) in [4.78, 5) is 11.0. The van der Waals surface area contributed by atoms with Crippen molar-refractivity contribution in [1.82, 2.24) is 14.9 Å². The molecule has 94 valence electrons.